The van der Waals surface area contributed by atoms with E-state index < -0.39 is 5.67 Å². The smallest absolute Gasteiger partial charge is 0.171 e. The molecule has 0 bridgehead atoms. The van der Waals surface area contributed by atoms with Crippen molar-refractivity contribution >= 4 is 11.3 Å². The molecule has 2 aromatic rings. The molecular formula is C15H19FN4S. The van der Waals surface area contributed by atoms with Gasteiger partial charge >= 0.3 is 0 Å². The van der Waals surface area contributed by atoms with Crippen LogP contribution in [0.3, 0.4) is 0 Å². The standard InChI is InChI=1S/C15H19FN4S/c1-11(2)20-8-4-15(16,5-9-20)14-19-10-12(21-14)13-17-6-3-7-18-13/h3,6-7,10-11H,4-5,8-9H2,1-2H3. The number of halogens is 1. The van der Waals surface area contributed by atoms with Crippen LogP contribution in [0.2, 0.25) is 0 Å². The van der Waals surface area contributed by atoms with Gasteiger partial charge in [0.1, 0.15) is 5.01 Å². The van der Waals surface area contributed by atoms with E-state index in [4.69, 9.17) is 0 Å². The lowest BCUT2D eigenvalue weighted by molar-refractivity contribution is 0.0425. The molecule has 1 aliphatic rings. The van der Waals surface area contributed by atoms with E-state index in [1.807, 2.05) is 0 Å². The summed E-state index contributed by atoms with van der Waals surface area (Å²) < 4.78 is 15.2. The molecule has 1 aliphatic heterocycles. The van der Waals surface area contributed by atoms with Gasteiger partial charge in [0, 0.05) is 50.6 Å². The summed E-state index contributed by atoms with van der Waals surface area (Å²) >= 11 is 1.37. The van der Waals surface area contributed by atoms with Gasteiger partial charge in [-0.05, 0) is 19.9 Å². The fourth-order valence-corrected chi connectivity index (χ4v) is 3.62. The Hall–Kier alpha value is -1.40. The van der Waals surface area contributed by atoms with Gasteiger partial charge in [0.15, 0.2) is 11.5 Å². The minimum absolute atomic E-state index is 0.471. The second-order valence-electron chi connectivity index (χ2n) is 5.70. The lowest BCUT2D eigenvalue weighted by Gasteiger charge is -2.37. The summed E-state index contributed by atoms with van der Waals surface area (Å²) in [6.07, 6.45) is 6.08. The highest BCUT2D eigenvalue weighted by Crippen LogP contribution is 2.40. The fraction of sp³-hybridized carbons (Fsp3) is 0.533. The number of aromatic nitrogens is 3. The van der Waals surface area contributed by atoms with Crippen molar-refractivity contribution < 1.29 is 4.39 Å². The Morgan fingerprint density at radius 2 is 1.86 bits per heavy atom. The second-order valence-corrected chi connectivity index (χ2v) is 6.73. The molecule has 21 heavy (non-hydrogen) atoms. The molecule has 6 heteroatoms. The average Bonchev–Trinajstić information content (AvgIpc) is 2.99. The van der Waals surface area contributed by atoms with Gasteiger partial charge in [0.25, 0.3) is 0 Å². The number of likely N-dealkylation sites (tertiary alicyclic amines) is 1. The molecule has 0 aromatic carbocycles. The van der Waals surface area contributed by atoms with Gasteiger partial charge < -0.3 is 4.90 Å². The monoisotopic (exact) mass is 306 g/mol. The third-order valence-electron chi connectivity index (χ3n) is 4.00. The van der Waals surface area contributed by atoms with Gasteiger partial charge in [0.05, 0.1) is 4.88 Å². The molecule has 3 heterocycles. The van der Waals surface area contributed by atoms with Crippen molar-refractivity contribution in [3.8, 4) is 10.7 Å². The Labute approximate surface area is 128 Å². The maximum absolute atomic E-state index is 15.2. The van der Waals surface area contributed by atoms with Crippen LogP contribution < -0.4 is 0 Å². The SMILES string of the molecule is CC(C)N1CCC(F)(c2ncc(-c3ncccn3)s2)CC1. The fourth-order valence-electron chi connectivity index (χ4n) is 2.62. The lowest BCUT2D eigenvalue weighted by atomic mass is 9.93. The maximum atomic E-state index is 15.2. The van der Waals surface area contributed by atoms with Crippen LogP contribution in [0.5, 0.6) is 0 Å². The molecule has 0 amide bonds. The van der Waals surface area contributed by atoms with Crippen molar-refractivity contribution in [2.24, 2.45) is 0 Å². The predicted octanol–water partition coefficient (Wildman–Crippen LogP) is 3.27. The van der Waals surface area contributed by atoms with Crippen molar-refractivity contribution in [2.45, 2.75) is 38.4 Å². The van der Waals surface area contributed by atoms with E-state index in [0.717, 1.165) is 18.0 Å². The second kappa shape index (κ2) is 5.77. The lowest BCUT2D eigenvalue weighted by Crippen LogP contribution is -2.43. The topological polar surface area (TPSA) is 41.9 Å². The van der Waals surface area contributed by atoms with Crippen LogP contribution in [0.4, 0.5) is 4.39 Å². The van der Waals surface area contributed by atoms with Gasteiger partial charge in [-0.1, -0.05) is 0 Å². The minimum Gasteiger partial charge on any atom is -0.301 e. The molecule has 0 atom stereocenters. The van der Waals surface area contributed by atoms with Crippen molar-refractivity contribution in [3.05, 3.63) is 29.7 Å². The van der Waals surface area contributed by atoms with Crippen molar-refractivity contribution in [1.82, 2.24) is 19.9 Å². The van der Waals surface area contributed by atoms with E-state index in [-0.39, 0.29) is 0 Å². The highest BCUT2D eigenvalue weighted by molar-refractivity contribution is 7.15. The quantitative estimate of drug-likeness (QED) is 0.873. The van der Waals surface area contributed by atoms with Crippen LogP contribution in [0.1, 0.15) is 31.7 Å². The normalized spacial score (nSPS) is 19.0. The molecule has 112 valence electrons. The zero-order valence-corrected chi connectivity index (χ0v) is 13.1. The highest BCUT2D eigenvalue weighted by Gasteiger charge is 2.39. The highest BCUT2D eigenvalue weighted by atomic mass is 32.1. The predicted molar refractivity (Wildman–Crippen MR) is 81.9 cm³/mol. The summed E-state index contributed by atoms with van der Waals surface area (Å²) in [4.78, 5) is 15.8. The van der Waals surface area contributed by atoms with Crippen molar-refractivity contribution in [3.63, 3.8) is 0 Å². The first-order chi connectivity index (χ1) is 10.1. The number of thiazole rings is 1. The van der Waals surface area contributed by atoms with E-state index in [9.17, 15) is 0 Å². The third kappa shape index (κ3) is 2.96. The van der Waals surface area contributed by atoms with E-state index in [1.54, 1.807) is 24.7 Å². The minimum atomic E-state index is -1.30. The molecule has 3 rings (SSSR count). The van der Waals surface area contributed by atoms with Crippen LogP contribution in [-0.4, -0.2) is 39.0 Å². The Balaban J connectivity index is 1.77. The average molecular weight is 306 g/mol. The van der Waals surface area contributed by atoms with Crippen molar-refractivity contribution in [2.75, 3.05) is 13.1 Å². The number of nitrogens with zero attached hydrogens (tertiary/aromatic N) is 4. The number of alkyl halides is 1. The van der Waals surface area contributed by atoms with E-state index >= 15 is 4.39 Å². The zero-order chi connectivity index (χ0) is 14.9. The molecule has 2 aromatic heterocycles. The van der Waals surface area contributed by atoms with Gasteiger partial charge in [-0.3, -0.25) is 0 Å². The Morgan fingerprint density at radius 1 is 1.19 bits per heavy atom. The van der Waals surface area contributed by atoms with E-state index in [2.05, 4.69) is 33.7 Å². The Bertz CT molecular complexity index is 591. The zero-order valence-electron chi connectivity index (χ0n) is 12.3. The van der Waals surface area contributed by atoms with Crippen LogP contribution in [0, 0.1) is 0 Å². The third-order valence-corrected chi connectivity index (χ3v) is 5.17. The molecule has 0 unspecified atom stereocenters. The van der Waals surface area contributed by atoms with Gasteiger partial charge in [-0.2, -0.15) is 0 Å². The molecule has 0 radical (unpaired) electrons. The molecular weight excluding hydrogens is 287 g/mol. The molecule has 0 saturated carbocycles. The molecule has 0 spiro atoms. The summed E-state index contributed by atoms with van der Waals surface area (Å²) in [5.74, 6) is 0.615. The summed E-state index contributed by atoms with van der Waals surface area (Å²) in [5, 5.41) is 0.563. The summed E-state index contributed by atoms with van der Waals surface area (Å²) in [6.45, 7) is 5.87. The van der Waals surface area contributed by atoms with Crippen LogP contribution >= 0.6 is 11.3 Å². The molecule has 0 N–H and O–H groups in total. The van der Waals surface area contributed by atoms with Gasteiger partial charge in [-0.15, -0.1) is 11.3 Å². The first-order valence-corrected chi connectivity index (χ1v) is 8.07. The van der Waals surface area contributed by atoms with Crippen molar-refractivity contribution in [1.29, 1.82) is 0 Å². The summed E-state index contributed by atoms with van der Waals surface area (Å²) in [5.41, 5.74) is -1.30. The van der Waals surface area contributed by atoms with E-state index in [0.29, 0.717) is 29.7 Å². The number of piperidine rings is 1. The molecule has 4 nitrogen and oxygen atoms in total. The first-order valence-electron chi connectivity index (χ1n) is 7.25. The first kappa shape index (κ1) is 14.5. The largest absolute Gasteiger partial charge is 0.301 e. The van der Waals surface area contributed by atoms with Crippen LogP contribution in [0.25, 0.3) is 10.7 Å². The van der Waals surface area contributed by atoms with E-state index in [1.165, 1.54) is 11.3 Å². The Morgan fingerprint density at radius 3 is 2.48 bits per heavy atom. The van der Waals surface area contributed by atoms with Gasteiger partial charge in [0.2, 0.25) is 0 Å². The molecule has 1 saturated heterocycles. The number of rotatable bonds is 3. The van der Waals surface area contributed by atoms with Gasteiger partial charge in [-0.25, -0.2) is 19.3 Å². The summed E-state index contributed by atoms with van der Waals surface area (Å²) in [7, 11) is 0. The Kier molecular flexibility index (Phi) is 3.99. The summed E-state index contributed by atoms with van der Waals surface area (Å²) in [6, 6.07) is 2.24. The molecule has 1 fully saturated rings. The number of hydrogen-bond donors (Lipinski definition) is 0. The van der Waals surface area contributed by atoms with Crippen LogP contribution in [0.15, 0.2) is 24.7 Å². The maximum Gasteiger partial charge on any atom is 0.171 e. The number of hydrogen-bond acceptors (Lipinski definition) is 5. The van der Waals surface area contributed by atoms with Crippen LogP contribution in [-0.2, 0) is 5.67 Å². The molecule has 0 aliphatic carbocycles.